The van der Waals surface area contributed by atoms with Gasteiger partial charge in [-0.25, -0.2) is 8.42 Å². The maximum atomic E-state index is 12.8. The number of carbonyl (C=O) groups is 1. The summed E-state index contributed by atoms with van der Waals surface area (Å²) in [5, 5.41) is 3.06. The van der Waals surface area contributed by atoms with Crippen LogP contribution in [0.4, 0.5) is 5.69 Å². The van der Waals surface area contributed by atoms with Crippen LogP contribution in [0.1, 0.15) is 41.6 Å². The quantitative estimate of drug-likeness (QED) is 0.735. The van der Waals surface area contributed by atoms with Crippen molar-refractivity contribution in [2.24, 2.45) is 0 Å². The van der Waals surface area contributed by atoms with Crippen molar-refractivity contribution in [1.29, 1.82) is 0 Å². The minimum absolute atomic E-state index is 0.145. The molecule has 0 atom stereocenters. The molecule has 1 heterocycles. The highest BCUT2D eigenvalue weighted by Crippen LogP contribution is 2.43. The number of sulfonamides is 1. The number of hydrogen-bond acceptors (Lipinski definition) is 5. The van der Waals surface area contributed by atoms with Gasteiger partial charge in [0, 0.05) is 23.2 Å². The van der Waals surface area contributed by atoms with E-state index in [1.807, 2.05) is 12.1 Å². The van der Waals surface area contributed by atoms with Crippen LogP contribution in [0.5, 0.6) is 11.5 Å². The number of hydrogen-bond donors (Lipinski definition) is 2. The second-order valence-corrected chi connectivity index (χ2v) is 9.73. The summed E-state index contributed by atoms with van der Waals surface area (Å²) in [5.41, 5.74) is 1.79. The van der Waals surface area contributed by atoms with Crippen LogP contribution in [0.25, 0.3) is 0 Å². The molecule has 0 bridgehead atoms. The molecule has 0 radical (unpaired) electrons. The highest BCUT2D eigenvalue weighted by molar-refractivity contribution is 7.92. The molecule has 2 N–H and O–H groups in total. The van der Waals surface area contributed by atoms with Crippen LogP contribution in [0.15, 0.2) is 42.5 Å². The predicted molar refractivity (Wildman–Crippen MR) is 115 cm³/mol. The van der Waals surface area contributed by atoms with Crippen molar-refractivity contribution in [1.82, 2.24) is 5.32 Å². The van der Waals surface area contributed by atoms with E-state index >= 15 is 0 Å². The standard InChI is InChI=1S/C22H26N2O5S/c1-30(26,27)24-18-6-4-5-16(13-18)21(25)23-15-22(9-2-3-10-22)17-7-8-19-20(14-17)29-12-11-28-19/h4-8,13-14,24H,2-3,9-12,15H2,1H3,(H,23,25). The minimum atomic E-state index is -3.40. The van der Waals surface area contributed by atoms with Crippen LogP contribution >= 0.6 is 0 Å². The summed E-state index contributed by atoms with van der Waals surface area (Å²) in [7, 11) is -3.40. The summed E-state index contributed by atoms with van der Waals surface area (Å²) >= 11 is 0. The van der Waals surface area contributed by atoms with Crippen LogP contribution in [-0.2, 0) is 15.4 Å². The minimum Gasteiger partial charge on any atom is -0.486 e. The lowest BCUT2D eigenvalue weighted by Gasteiger charge is -2.31. The molecule has 0 aromatic heterocycles. The van der Waals surface area contributed by atoms with Gasteiger partial charge in [0.05, 0.1) is 6.26 Å². The van der Waals surface area contributed by atoms with Gasteiger partial charge < -0.3 is 14.8 Å². The summed E-state index contributed by atoms with van der Waals surface area (Å²) in [6, 6.07) is 12.6. The maximum absolute atomic E-state index is 12.8. The van der Waals surface area contributed by atoms with Crippen molar-refractivity contribution in [3.63, 3.8) is 0 Å². The van der Waals surface area contributed by atoms with Gasteiger partial charge in [0.2, 0.25) is 10.0 Å². The molecule has 7 nitrogen and oxygen atoms in total. The summed E-state index contributed by atoms with van der Waals surface area (Å²) in [4.78, 5) is 12.8. The monoisotopic (exact) mass is 430 g/mol. The first-order valence-corrected chi connectivity index (χ1v) is 12.0. The second kappa shape index (κ2) is 8.18. The molecule has 0 unspecified atom stereocenters. The zero-order chi connectivity index (χ0) is 21.2. The first-order chi connectivity index (χ1) is 14.3. The van der Waals surface area contributed by atoms with E-state index in [0.29, 0.717) is 31.0 Å². The second-order valence-electron chi connectivity index (χ2n) is 7.98. The van der Waals surface area contributed by atoms with Crippen molar-refractivity contribution < 1.29 is 22.7 Å². The molecule has 1 amide bonds. The molecule has 8 heteroatoms. The van der Waals surface area contributed by atoms with E-state index in [9.17, 15) is 13.2 Å². The molecule has 1 fully saturated rings. The average molecular weight is 431 g/mol. The molecule has 4 rings (SSSR count). The van der Waals surface area contributed by atoms with E-state index in [0.717, 1.165) is 49.0 Å². The lowest BCUT2D eigenvalue weighted by molar-refractivity contribution is 0.0943. The van der Waals surface area contributed by atoms with E-state index in [-0.39, 0.29) is 11.3 Å². The smallest absolute Gasteiger partial charge is 0.251 e. The number of rotatable bonds is 6. The van der Waals surface area contributed by atoms with Gasteiger partial charge in [0.15, 0.2) is 11.5 Å². The van der Waals surface area contributed by atoms with Crippen LogP contribution in [-0.4, -0.2) is 40.3 Å². The SMILES string of the molecule is CS(=O)(=O)Nc1cccc(C(=O)NCC2(c3ccc4c(c3)OCCO4)CCCC2)c1. The van der Waals surface area contributed by atoms with Gasteiger partial charge >= 0.3 is 0 Å². The summed E-state index contributed by atoms with van der Waals surface area (Å²) in [6.07, 6.45) is 5.28. The Bertz CT molecular complexity index is 1050. The van der Waals surface area contributed by atoms with Crippen LogP contribution in [0.2, 0.25) is 0 Å². The molecule has 2 aromatic carbocycles. The zero-order valence-electron chi connectivity index (χ0n) is 16.9. The van der Waals surface area contributed by atoms with Gasteiger partial charge in [-0.05, 0) is 48.7 Å². The zero-order valence-corrected chi connectivity index (χ0v) is 17.8. The Morgan fingerprint density at radius 2 is 1.77 bits per heavy atom. The summed E-state index contributed by atoms with van der Waals surface area (Å²) in [6.45, 7) is 1.61. The molecule has 2 aliphatic rings. The van der Waals surface area contributed by atoms with Crippen molar-refractivity contribution in [2.45, 2.75) is 31.1 Å². The highest BCUT2D eigenvalue weighted by atomic mass is 32.2. The lowest BCUT2D eigenvalue weighted by atomic mass is 9.78. The molecular formula is C22H26N2O5S. The topological polar surface area (TPSA) is 93.7 Å². The van der Waals surface area contributed by atoms with Crippen molar-refractivity contribution >= 4 is 21.6 Å². The Balaban J connectivity index is 1.51. The number of benzene rings is 2. The number of amides is 1. The molecule has 0 saturated heterocycles. The molecule has 0 spiro atoms. The fourth-order valence-corrected chi connectivity index (χ4v) is 4.84. The third-order valence-electron chi connectivity index (χ3n) is 5.73. The van der Waals surface area contributed by atoms with Crippen LogP contribution in [0.3, 0.4) is 0 Å². The number of nitrogens with one attached hydrogen (secondary N) is 2. The van der Waals surface area contributed by atoms with E-state index in [4.69, 9.17) is 9.47 Å². The molecule has 1 aliphatic heterocycles. The largest absolute Gasteiger partial charge is 0.486 e. The normalized spacial score (nSPS) is 17.4. The Labute approximate surface area is 176 Å². The van der Waals surface area contributed by atoms with Gasteiger partial charge in [0.25, 0.3) is 5.91 Å². The van der Waals surface area contributed by atoms with Crippen molar-refractivity contribution in [3.8, 4) is 11.5 Å². The average Bonchev–Trinajstić information content (AvgIpc) is 3.21. The lowest BCUT2D eigenvalue weighted by Crippen LogP contribution is -2.39. The summed E-state index contributed by atoms with van der Waals surface area (Å²) in [5.74, 6) is 1.30. The number of fused-ring (bicyclic) bond motifs is 1. The molecular weight excluding hydrogens is 404 g/mol. The molecule has 160 valence electrons. The molecule has 2 aromatic rings. The van der Waals surface area contributed by atoms with E-state index in [1.54, 1.807) is 24.3 Å². The molecule has 1 aliphatic carbocycles. The Kier molecular flexibility index (Phi) is 5.60. The highest BCUT2D eigenvalue weighted by Gasteiger charge is 2.37. The molecule has 30 heavy (non-hydrogen) atoms. The van der Waals surface area contributed by atoms with Gasteiger partial charge in [0.1, 0.15) is 13.2 Å². The Morgan fingerprint density at radius 3 is 2.50 bits per heavy atom. The maximum Gasteiger partial charge on any atom is 0.251 e. The van der Waals surface area contributed by atoms with Crippen molar-refractivity contribution in [2.75, 3.05) is 30.7 Å². The van der Waals surface area contributed by atoms with E-state index in [2.05, 4.69) is 16.1 Å². The first kappa shape index (κ1) is 20.5. The number of ether oxygens (including phenoxy) is 2. The Hall–Kier alpha value is -2.74. The van der Waals surface area contributed by atoms with Crippen LogP contribution in [0, 0.1) is 0 Å². The van der Waals surface area contributed by atoms with E-state index < -0.39 is 10.0 Å². The number of anilines is 1. The van der Waals surface area contributed by atoms with Gasteiger partial charge in [-0.2, -0.15) is 0 Å². The van der Waals surface area contributed by atoms with Crippen molar-refractivity contribution in [3.05, 3.63) is 53.6 Å². The van der Waals surface area contributed by atoms with Crippen LogP contribution < -0.4 is 19.5 Å². The third kappa shape index (κ3) is 4.53. The molecule has 1 saturated carbocycles. The Morgan fingerprint density at radius 1 is 1.03 bits per heavy atom. The number of carbonyl (C=O) groups excluding carboxylic acids is 1. The predicted octanol–water partition coefficient (Wildman–Crippen LogP) is 3.07. The summed E-state index contributed by atoms with van der Waals surface area (Å²) < 4.78 is 36.7. The van der Waals surface area contributed by atoms with E-state index in [1.165, 1.54) is 0 Å². The fraction of sp³-hybridized carbons (Fsp3) is 0.409. The third-order valence-corrected chi connectivity index (χ3v) is 6.34. The van der Waals surface area contributed by atoms with Gasteiger partial charge in [-0.3, -0.25) is 9.52 Å². The first-order valence-electron chi connectivity index (χ1n) is 10.1. The van der Waals surface area contributed by atoms with Gasteiger partial charge in [-0.1, -0.05) is 25.0 Å². The van der Waals surface area contributed by atoms with Gasteiger partial charge in [-0.15, -0.1) is 0 Å². The fourth-order valence-electron chi connectivity index (χ4n) is 4.28.